The molecule has 20 valence electrons. The Bertz CT molecular complexity index is 8.00. The fourth-order valence-corrected chi connectivity index (χ4v) is 0. The largest absolute Gasteiger partial charge is 0 e. The van der Waals surface area contributed by atoms with Crippen molar-refractivity contribution in [2.24, 2.45) is 0 Å². The Morgan fingerprint density at radius 1 is 1.25 bits per heavy atom. The van der Waals surface area contributed by atoms with Crippen molar-refractivity contribution < 1.29 is 30.2 Å². The normalized spacial score (nSPS) is 1.50. The second kappa shape index (κ2) is 17.2. The van der Waals surface area contributed by atoms with Gasteiger partial charge in [0, 0.05) is 26.2 Å². The summed E-state index contributed by atoms with van der Waals surface area (Å²) in [5.74, 6) is 0. The van der Waals surface area contributed by atoms with E-state index in [-0.39, 0.29) is 77.6 Å². The van der Waals surface area contributed by atoms with Gasteiger partial charge in [-0.15, -0.1) is 3.98 Å². The zero-order valence-corrected chi connectivity index (χ0v) is 4.47. The van der Waals surface area contributed by atoms with Crippen LogP contribution in [-0.4, -0.2) is 51.4 Å². The second-order valence-corrected chi connectivity index (χ2v) is 0. The van der Waals surface area contributed by atoms with E-state index in [0.717, 1.165) is 0 Å². The third kappa shape index (κ3) is 8.83. The molecule has 0 aromatic rings. The van der Waals surface area contributed by atoms with Crippen molar-refractivity contribution in [1.82, 2.24) is 0 Å². The van der Waals surface area contributed by atoms with Crippen LogP contribution < -0.4 is 0 Å². The van der Waals surface area contributed by atoms with E-state index in [0.29, 0.717) is 0 Å². The van der Waals surface area contributed by atoms with Gasteiger partial charge in [-0.1, -0.05) is 0 Å². The quantitative estimate of drug-likeness (QED) is 0.482. The predicted octanol–water partition coefficient (Wildman–Crippen LogP) is 0.459. The fourth-order valence-electron chi connectivity index (χ4n) is 0. The molecule has 0 amide bonds. The minimum Gasteiger partial charge on any atom is 0 e. The molecule has 0 saturated carbocycles. The van der Waals surface area contributed by atoms with Crippen molar-refractivity contribution in [1.29, 1.82) is 0 Å². The monoisotopic (exact) mass is 184 g/mol. The molecule has 0 aromatic heterocycles. The molecule has 0 fully saturated rings. The third-order valence-electron chi connectivity index (χ3n) is 0. The van der Waals surface area contributed by atoms with Crippen LogP contribution in [-0.2, 0) is 26.2 Å². The van der Waals surface area contributed by atoms with E-state index in [1.807, 2.05) is 0 Å². The topological polar surface area (TPSA) is 0 Å². The Morgan fingerprint density at radius 3 is 1.25 bits per heavy atom. The zero-order chi connectivity index (χ0) is 2.00. The molecule has 0 spiro atoms. The fraction of sp³-hybridized carbons (Fsp3) is 0. The maximum absolute atomic E-state index is 8.97. The van der Waals surface area contributed by atoms with Gasteiger partial charge in [0.05, 0.1) is 0 Å². The SMILES string of the molecule is FCl.[KH].[Zr]. The summed E-state index contributed by atoms with van der Waals surface area (Å²) in [6.45, 7) is 0. The van der Waals surface area contributed by atoms with Crippen LogP contribution in [0, 0.1) is 0 Å². The van der Waals surface area contributed by atoms with E-state index in [1.54, 1.807) is 0 Å². The van der Waals surface area contributed by atoms with E-state index in [2.05, 4.69) is 12.0 Å². The van der Waals surface area contributed by atoms with Crippen LogP contribution >= 0.6 is 12.0 Å². The molecule has 0 aliphatic rings. The molecule has 4 heavy (non-hydrogen) atoms. The van der Waals surface area contributed by atoms with Crippen molar-refractivity contribution in [2.75, 3.05) is 0 Å². The molecule has 0 aromatic carbocycles. The molecule has 0 radical (unpaired) electrons. The zero-order valence-electron chi connectivity index (χ0n) is 1.26. The maximum Gasteiger partial charge on any atom is 0 e. The Hall–Kier alpha value is 2.74. The van der Waals surface area contributed by atoms with E-state index >= 15 is 0 Å². The van der Waals surface area contributed by atoms with Crippen molar-refractivity contribution >= 4 is 63.3 Å². The van der Waals surface area contributed by atoms with Crippen LogP contribution in [0.25, 0.3) is 0 Å². The Balaban J connectivity index is -0.00000000500. The number of hydrogen-bond donors (Lipinski definition) is 0. The standard InChI is InChI=1S/ClF.K.Zr.H/c1-2;;;. The van der Waals surface area contributed by atoms with Gasteiger partial charge in [-0.05, 0) is 0 Å². The van der Waals surface area contributed by atoms with Gasteiger partial charge in [0.2, 0.25) is 0 Å². The molecule has 0 N–H and O–H groups in total. The van der Waals surface area contributed by atoms with Gasteiger partial charge in [0.1, 0.15) is 12.0 Å². The summed E-state index contributed by atoms with van der Waals surface area (Å²) in [7, 11) is 0. The molecular weight excluding hydrogens is 185 g/mol. The van der Waals surface area contributed by atoms with Crippen LogP contribution in [0.3, 0.4) is 0 Å². The summed E-state index contributed by atoms with van der Waals surface area (Å²) in [4.78, 5) is 0. The van der Waals surface area contributed by atoms with Crippen LogP contribution in [0.2, 0.25) is 0 Å². The van der Waals surface area contributed by atoms with Crippen LogP contribution in [0.5, 0.6) is 0 Å². The van der Waals surface area contributed by atoms with Crippen molar-refractivity contribution in [3.05, 3.63) is 0 Å². The first-order valence-electron chi connectivity index (χ1n) is 0.143. The molecule has 0 atom stereocenters. The summed E-state index contributed by atoms with van der Waals surface area (Å²) in [6.07, 6.45) is 0. The van der Waals surface area contributed by atoms with Crippen molar-refractivity contribution in [3.8, 4) is 0 Å². The number of hydrogen-bond acceptors (Lipinski definition) is 0. The van der Waals surface area contributed by atoms with E-state index in [4.69, 9.17) is 3.98 Å². The second-order valence-electron chi connectivity index (χ2n) is 0. The number of halogens is 2. The summed E-state index contributed by atoms with van der Waals surface area (Å²) in [5.41, 5.74) is 0. The van der Waals surface area contributed by atoms with Gasteiger partial charge in [-0.25, -0.2) is 0 Å². The maximum atomic E-state index is 8.97. The number of rotatable bonds is 0. The average Bonchev–Trinajstić information content (AvgIpc) is 1.00. The van der Waals surface area contributed by atoms with E-state index in [9.17, 15) is 0 Å². The van der Waals surface area contributed by atoms with Crippen molar-refractivity contribution in [2.45, 2.75) is 0 Å². The minimum atomic E-state index is 0. The first-order valence-corrected chi connectivity index (χ1v) is 0.429. The predicted molar refractivity (Wildman–Crippen MR) is 14.1 cm³/mol. The van der Waals surface area contributed by atoms with E-state index < -0.39 is 0 Å². The Morgan fingerprint density at radius 2 is 1.25 bits per heavy atom. The van der Waals surface area contributed by atoms with Crippen molar-refractivity contribution in [3.63, 3.8) is 0 Å². The molecule has 0 heterocycles. The van der Waals surface area contributed by atoms with Gasteiger partial charge < -0.3 is 0 Å². The molecule has 0 unspecified atom stereocenters. The summed E-state index contributed by atoms with van der Waals surface area (Å²) in [5, 5.41) is 0. The van der Waals surface area contributed by atoms with Crippen LogP contribution in [0.15, 0.2) is 0 Å². The average molecular weight is 186 g/mol. The smallest absolute Gasteiger partial charge is 0 e. The van der Waals surface area contributed by atoms with Gasteiger partial charge >= 0.3 is 51.4 Å². The first kappa shape index (κ1) is 15.9. The summed E-state index contributed by atoms with van der Waals surface area (Å²) >= 11 is 3.14. The van der Waals surface area contributed by atoms with Crippen LogP contribution in [0.1, 0.15) is 0 Å². The van der Waals surface area contributed by atoms with Gasteiger partial charge in [0.15, 0.2) is 0 Å². The third-order valence-corrected chi connectivity index (χ3v) is 0. The minimum absolute atomic E-state index is 0. The van der Waals surface area contributed by atoms with Gasteiger partial charge in [0.25, 0.3) is 0 Å². The first-order chi connectivity index (χ1) is 1.00. The Kier molecular flexibility index (Phi) is 68.2. The molecule has 0 aliphatic heterocycles. The molecule has 0 bridgehead atoms. The molecule has 0 rings (SSSR count). The summed E-state index contributed by atoms with van der Waals surface area (Å²) in [6, 6.07) is 0. The summed E-state index contributed by atoms with van der Waals surface area (Å²) < 4.78 is 8.97. The molecular formula is HClFKZr. The molecule has 0 nitrogen and oxygen atoms in total. The van der Waals surface area contributed by atoms with E-state index in [1.165, 1.54) is 0 Å². The molecule has 0 saturated heterocycles. The van der Waals surface area contributed by atoms with Crippen LogP contribution in [0.4, 0.5) is 3.98 Å². The van der Waals surface area contributed by atoms with Gasteiger partial charge in [-0.3, -0.25) is 0 Å². The molecule has 0 aliphatic carbocycles. The van der Waals surface area contributed by atoms with Gasteiger partial charge in [-0.2, -0.15) is 0 Å². The molecule has 4 heteroatoms. The Labute approximate surface area is 91.3 Å².